The van der Waals surface area contributed by atoms with E-state index in [1.54, 1.807) is 0 Å². The van der Waals surface area contributed by atoms with Crippen molar-refractivity contribution in [2.24, 2.45) is 0 Å². The number of para-hydroxylation sites is 3. The van der Waals surface area contributed by atoms with Crippen molar-refractivity contribution in [1.29, 1.82) is 0 Å². The minimum absolute atomic E-state index is 0.445. The molecule has 1 atom stereocenters. The van der Waals surface area contributed by atoms with Gasteiger partial charge in [-0.1, -0.05) is 200 Å². The van der Waals surface area contributed by atoms with E-state index in [0.717, 1.165) is 58.5 Å². The molecule has 11 aromatic rings. The summed E-state index contributed by atoms with van der Waals surface area (Å²) in [6.45, 7) is 0. The van der Waals surface area contributed by atoms with Crippen LogP contribution in [0.1, 0.15) is 51.8 Å². The van der Waals surface area contributed by atoms with Crippen LogP contribution < -0.4 is 14.4 Å². The first-order chi connectivity index (χ1) is 38.2. The van der Waals surface area contributed by atoms with Gasteiger partial charge in [0.1, 0.15) is 23.0 Å². The van der Waals surface area contributed by atoms with Gasteiger partial charge >= 0.3 is 0 Å². The number of anilines is 3. The highest BCUT2D eigenvalue weighted by Gasteiger charge is 2.53. The average Bonchev–Trinajstić information content (AvgIpc) is 3.97. The molecule has 5 aliphatic rings. The summed E-state index contributed by atoms with van der Waals surface area (Å²) in [4.78, 5) is 2.39. The van der Waals surface area contributed by atoms with E-state index < -0.39 is 10.8 Å². The van der Waals surface area contributed by atoms with Crippen LogP contribution in [0.2, 0.25) is 0 Å². The van der Waals surface area contributed by atoms with Crippen LogP contribution in [0.3, 0.4) is 0 Å². The van der Waals surface area contributed by atoms with Gasteiger partial charge < -0.3 is 14.4 Å². The van der Waals surface area contributed by atoms with E-state index in [1.165, 1.54) is 94.6 Å². The number of nitrogens with zero attached hydrogens (tertiary/aromatic N) is 1. The molecule has 0 N–H and O–H groups in total. The zero-order valence-electron chi connectivity index (χ0n) is 42.2. The van der Waals surface area contributed by atoms with Gasteiger partial charge in [0.25, 0.3) is 0 Å². The lowest BCUT2D eigenvalue weighted by Crippen LogP contribution is -2.35. The van der Waals surface area contributed by atoms with Crippen LogP contribution in [0.25, 0.3) is 55.6 Å². The molecular formula is C74H49NO2. The minimum atomic E-state index is -0.496. The summed E-state index contributed by atoms with van der Waals surface area (Å²) in [6, 6.07) is 95.8. The van der Waals surface area contributed by atoms with Gasteiger partial charge in [-0.15, -0.1) is 0 Å². The largest absolute Gasteiger partial charge is 0.457 e. The quantitative estimate of drug-likeness (QED) is 0.166. The Morgan fingerprint density at radius 2 is 0.766 bits per heavy atom. The van der Waals surface area contributed by atoms with E-state index >= 15 is 0 Å². The van der Waals surface area contributed by atoms with Crippen molar-refractivity contribution in [3.05, 3.63) is 323 Å². The molecule has 0 fully saturated rings. The van der Waals surface area contributed by atoms with E-state index in [9.17, 15) is 0 Å². The van der Waals surface area contributed by atoms with E-state index in [0.29, 0.717) is 0 Å². The fraction of sp³-hybridized carbons (Fsp3) is 0.0541. The predicted molar refractivity (Wildman–Crippen MR) is 313 cm³/mol. The summed E-state index contributed by atoms with van der Waals surface area (Å²) in [5.74, 6) is 3.72. The maximum absolute atomic E-state index is 6.69. The Hall–Kier alpha value is -9.70. The number of rotatable bonds is 6. The maximum atomic E-state index is 6.69. The first-order valence-corrected chi connectivity index (χ1v) is 26.9. The Bertz CT molecular complexity index is 4230. The summed E-state index contributed by atoms with van der Waals surface area (Å²) in [6.07, 6.45) is 6.38. The molecule has 0 saturated carbocycles. The van der Waals surface area contributed by atoms with Gasteiger partial charge in [0, 0.05) is 33.8 Å². The normalized spacial score (nSPS) is 16.2. The molecule has 0 aromatic heterocycles. The molecule has 0 bridgehead atoms. The molecule has 16 rings (SSSR count). The molecule has 2 spiro atoms. The lowest BCUT2D eigenvalue weighted by molar-refractivity contribution is 0.389. The Morgan fingerprint density at radius 1 is 0.299 bits per heavy atom. The minimum Gasteiger partial charge on any atom is -0.457 e. The molecule has 0 amide bonds. The van der Waals surface area contributed by atoms with Crippen molar-refractivity contribution in [3.8, 4) is 72.9 Å². The third kappa shape index (κ3) is 6.32. The molecular weight excluding hydrogens is 935 g/mol. The zero-order chi connectivity index (χ0) is 50.7. The summed E-state index contributed by atoms with van der Waals surface area (Å²) in [5, 5.41) is 0. The third-order valence-electron chi connectivity index (χ3n) is 17.1. The van der Waals surface area contributed by atoms with Gasteiger partial charge in [0.05, 0.1) is 10.8 Å². The molecule has 0 saturated heterocycles. The SMILES string of the molecule is C1=CC2=C(CC1)C1(c3ccccc3O2)c2ccccc2-c2ccc(-c3ccc(N(c4ccc(-c5ccc6c(c5)-c5ccccc5C65c6ccccc6Oc6ccccc65)cc4)c4cccc(-c5ccccc5)c4)cc3)cc21. The Kier molecular flexibility index (Phi) is 9.59. The molecule has 2 heterocycles. The van der Waals surface area contributed by atoms with Gasteiger partial charge in [0.2, 0.25) is 0 Å². The van der Waals surface area contributed by atoms with Gasteiger partial charge in [-0.2, -0.15) is 0 Å². The molecule has 1 unspecified atom stereocenters. The number of hydrogen-bond acceptors (Lipinski definition) is 3. The van der Waals surface area contributed by atoms with Gasteiger partial charge in [-0.3, -0.25) is 0 Å². The van der Waals surface area contributed by atoms with Crippen LogP contribution in [0, 0.1) is 0 Å². The van der Waals surface area contributed by atoms with Crippen LogP contribution in [0.5, 0.6) is 17.2 Å². The van der Waals surface area contributed by atoms with Crippen LogP contribution >= 0.6 is 0 Å². The Balaban J connectivity index is 0.794. The summed E-state index contributed by atoms with van der Waals surface area (Å²) < 4.78 is 13.3. The van der Waals surface area contributed by atoms with Crippen molar-refractivity contribution >= 4 is 17.1 Å². The highest BCUT2D eigenvalue weighted by atomic mass is 16.5. The van der Waals surface area contributed by atoms with Gasteiger partial charge in [0.15, 0.2) is 0 Å². The third-order valence-corrected chi connectivity index (χ3v) is 17.1. The zero-order valence-corrected chi connectivity index (χ0v) is 42.2. The molecule has 0 radical (unpaired) electrons. The summed E-state index contributed by atoms with van der Waals surface area (Å²) >= 11 is 0. The lowest BCUT2D eigenvalue weighted by atomic mass is 9.63. The van der Waals surface area contributed by atoms with E-state index in [-0.39, 0.29) is 0 Å². The van der Waals surface area contributed by atoms with Crippen molar-refractivity contribution in [2.75, 3.05) is 4.90 Å². The smallest absolute Gasteiger partial charge is 0.132 e. The van der Waals surface area contributed by atoms with Crippen molar-refractivity contribution < 1.29 is 9.47 Å². The van der Waals surface area contributed by atoms with Crippen molar-refractivity contribution in [2.45, 2.75) is 23.7 Å². The van der Waals surface area contributed by atoms with Crippen molar-refractivity contribution in [3.63, 3.8) is 0 Å². The number of fused-ring (bicyclic) bond motifs is 17. The molecule has 3 aliphatic carbocycles. The van der Waals surface area contributed by atoms with Gasteiger partial charge in [-0.05, 0) is 169 Å². The Labute approximate surface area is 449 Å². The average molecular weight is 984 g/mol. The molecule has 362 valence electrons. The van der Waals surface area contributed by atoms with Crippen LogP contribution in [0.4, 0.5) is 17.1 Å². The second-order valence-electron chi connectivity index (χ2n) is 20.9. The molecule has 77 heavy (non-hydrogen) atoms. The standard InChI is InChI=1S/C74H49NO2/c1-2-17-48(18-3-1)51-19-16-20-56(45-51)75(54-39-33-49(34-40-54)52-38-44-63-60(46-52)58-22-5-7-24-62(58)73(63)64-25-8-12-29-69(64)76-70-30-13-9-26-65(70)73)55-41-35-50(36-42-55)53-37-43-59-57-21-4-6-23-61(57)74(68(59)47-53)66-27-10-14-31-71(66)77-72-32-15-11-28-67(72)74/h1-10,12-27,29-47H,11,28H2. The van der Waals surface area contributed by atoms with Crippen LogP contribution in [0.15, 0.2) is 284 Å². The van der Waals surface area contributed by atoms with E-state index in [2.05, 4.69) is 278 Å². The lowest BCUT2D eigenvalue weighted by Gasteiger charge is -2.41. The maximum Gasteiger partial charge on any atom is 0.132 e. The van der Waals surface area contributed by atoms with Crippen LogP contribution in [-0.4, -0.2) is 0 Å². The molecule has 3 nitrogen and oxygen atoms in total. The van der Waals surface area contributed by atoms with Gasteiger partial charge in [-0.25, -0.2) is 0 Å². The number of benzene rings is 11. The first kappa shape index (κ1) is 43.7. The second kappa shape index (κ2) is 16.9. The highest BCUT2D eigenvalue weighted by Crippen LogP contribution is 2.64. The Morgan fingerprint density at radius 3 is 1.44 bits per heavy atom. The second-order valence-corrected chi connectivity index (χ2v) is 20.9. The fourth-order valence-corrected chi connectivity index (χ4v) is 13.9. The monoisotopic (exact) mass is 983 g/mol. The summed E-state index contributed by atoms with van der Waals surface area (Å²) in [7, 11) is 0. The molecule has 11 aromatic carbocycles. The molecule has 3 heteroatoms. The molecule has 2 aliphatic heterocycles. The fourth-order valence-electron chi connectivity index (χ4n) is 13.9. The van der Waals surface area contributed by atoms with E-state index in [4.69, 9.17) is 9.47 Å². The number of allylic oxidation sites excluding steroid dienone is 3. The van der Waals surface area contributed by atoms with Crippen LogP contribution in [-0.2, 0) is 10.8 Å². The predicted octanol–water partition coefficient (Wildman–Crippen LogP) is 18.9. The van der Waals surface area contributed by atoms with Crippen molar-refractivity contribution in [1.82, 2.24) is 0 Å². The number of hydrogen-bond donors (Lipinski definition) is 0. The topological polar surface area (TPSA) is 21.7 Å². The first-order valence-electron chi connectivity index (χ1n) is 26.9. The summed E-state index contributed by atoms with van der Waals surface area (Å²) in [5.41, 5.74) is 24.6. The number of ether oxygens (including phenoxy) is 2. The highest BCUT2D eigenvalue weighted by molar-refractivity contribution is 5.93. The van der Waals surface area contributed by atoms with E-state index in [1.807, 2.05) is 0 Å².